The molecule has 0 saturated carbocycles. The van der Waals surface area contributed by atoms with Gasteiger partial charge in [-0.25, -0.2) is 9.97 Å². The molecule has 1 unspecified atom stereocenters. The Morgan fingerprint density at radius 1 is 1.40 bits per heavy atom. The normalized spacial score (nSPS) is 12.2. The molecule has 5 nitrogen and oxygen atoms in total. The van der Waals surface area contributed by atoms with Gasteiger partial charge in [0.05, 0.1) is 18.8 Å². The standard InChI is InChI=1S/C14H17ClN4O/c1-9-17-6-5-12(18-9)13(19-16)8-10-7-11(15)3-4-14(10)20-2/h3-7,13,19H,8,16H2,1-2H3. The zero-order chi connectivity index (χ0) is 14.5. The summed E-state index contributed by atoms with van der Waals surface area (Å²) in [5.74, 6) is 7.14. The molecule has 0 spiro atoms. The van der Waals surface area contributed by atoms with Gasteiger partial charge >= 0.3 is 0 Å². The first-order chi connectivity index (χ1) is 9.63. The summed E-state index contributed by atoms with van der Waals surface area (Å²) in [5.41, 5.74) is 4.58. The van der Waals surface area contributed by atoms with Crippen LogP contribution in [-0.2, 0) is 6.42 Å². The zero-order valence-corrected chi connectivity index (χ0v) is 12.2. The van der Waals surface area contributed by atoms with Crippen LogP contribution in [0.15, 0.2) is 30.5 Å². The highest BCUT2D eigenvalue weighted by molar-refractivity contribution is 6.30. The van der Waals surface area contributed by atoms with Gasteiger partial charge in [-0.3, -0.25) is 11.3 Å². The van der Waals surface area contributed by atoms with Crippen molar-refractivity contribution in [2.24, 2.45) is 5.84 Å². The van der Waals surface area contributed by atoms with Crippen molar-refractivity contribution in [2.75, 3.05) is 7.11 Å². The van der Waals surface area contributed by atoms with Gasteiger partial charge in [0.25, 0.3) is 0 Å². The number of hydrogen-bond acceptors (Lipinski definition) is 5. The molecule has 106 valence electrons. The molecule has 0 aliphatic rings. The summed E-state index contributed by atoms with van der Waals surface area (Å²) in [4.78, 5) is 8.48. The highest BCUT2D eigenvalue weighted by Gasteiger charge is 2.15. The number of ether oxygens (including phenoxy) is 1. The summed E-state index contributed by atoms with van der Waals surface area (Å²) >= 11 is 6.04. The second-order valence-corrected chi connectivity index (χ2v) is 4.84. The number of methoxy groups -OCH3 is 1. The summed E-state index contributed by atoms with van der Waals surface area (Å²) in [7, 11) is 1.63. The van der Waals surface area contributed by atoms with Gasteiger partial charge in [0, 0.05) is 11.2 Å². The molecular formula is C14H17ClN4O. The van der Waals surface area contributed by atoms with Gasteiger partial charge in [0.2, 0.25) is 0 Å². The lowest BCUT2D eigenvalue weighted by Gasteiger charge is -2.17. The van der Waals surface area contributed by atoms with Crippen LogP contribution in [0.2, 0.25) is 5.02 Å². The number of hydrazine groups is 1. The SMILES string of the molecule is COc1ccc(Cl)cc1CC(NN)c1ccnc(C)n1. The van der Waals surface area contributed by atoms with Gasteiger partial charge in [-0.05, 0) is 43.2 Å². The molecule has 0 aliphatic carbocycles. The maximum Gasteiger partial charge on any atom is 0.125 e. The fraction of sp³-hybridized carbons (Fsp3) is 0.286. The number of hydrogen-bond donors (Lipinski definition) is 2. The van der Waals surface area contributed by atoms with Crippen molar-refractivity contribution in [3.8, 4) is 5.75 Å². The van der Waals surface area contributed by atoms with E-state index in [9.17, 15) is 0 Å². The number of halogens is 1. The van der Waals surface area contributed by atoms with Gasteiger partial charge < -0.3 is 4.74 Å². The van der Waals surface area contributed by atoms with Crippen LogP contribution < -0.4 is 16.0 Å². The molecular weight excluding hydrogens is 276 g/mol. The minimum absolute atomic E-state index is 0.135. The molecule has 2 aromatic rings. The second-order valence-electron chi connectivity index (χ2n) is 4.41. The number of benzene rings is 1. The Morgan fingerprint density at radius 3 is 2.85 bits per heavy atom. The third-order valence-corrected chi connectivity index (χ3v) is 3.26. The first-order valence-electron chi connectivity index (χ1n) is 6.22. The maximum absolute atomic E-state index is 6.04. The Labute approximate surface area is 123 Å². The molecule has 3 N–H and O–H groups in total. The Bertz CT molecular complexity index is 591. The lowest BCUT2D eigenvalue weighted by Crippen LogP contribution is -2.30. The quantitative estimate of drug-likeness (QED) is 0.653. The monoisotopic (exact) mass is 292 g/mol. The van der Waals surface area contributed by atoms with Crippen LogP contribution in [0.25, 0.3) is 0 Å². The number of nitrogens with two attached hydrogens (primary N) is 1. The molecule has 0 amide bonds. The molecule has 0 fully saturated rings. The minimum Gasteiger partial charge on any atom is -0.496 e. The Morgan fingerprint density at radius 2 is 2.20 bits per heavy atom. The first kappa shape index (κ1) is 14.7. The van der Waals surface area contributed by atoms with Crippen LogP contribution in [0.4, 0.5) is 0 Å². The van der Waals surface area contributed by atoms with E-state index in [1.54, 1.807) is 19.4 Å². The topological polar surface area (TPSA) is 73.1 Å². The molecule has 6 heteroatoms. The molecule has 0 bridgehead atoms. The first-order valence-corrected chi connectivity index (χ1v) is 6.60. The van der Waals surface area contributed by atoms with E-state index < -0.39 is 0 Å². The molecule has 0 aliphatic heterocycles. The largest absolute Gasteiger partial charge is 0.496 e. The van der Waals surface area contributed by atoms with Crippen LogP contribution in [0.5, 0.6) is 5.75 Å². The molecule has 1 aromatic heterocycles. The summed E-state index contributed by atoms with van der Waals surface area (Å²) in [6, 6.07) is 7.22. The number of rotatable bonds is 5. The van der Waals surface area contributed by atoms with Crippen LogP contribution in [0.1, 0.15) is 23.1 Å². The van der Waals surface area contributed by atoms with Crippen molar-refractivity contribution in [3.63, 3.8) is 0 Å². The van der Waals surface area contributed by atoms with Gasteiger partial charge in [-0.1, -0.05) is 11.6 Å². The molecule has 20 heavy (non-hydrogen) atoms. The smallest absolute Gasteiger partial charge is 0.125 e. The molecule has 2 rings (SSSR count). The van der Waals surface area contributed by atoms with Crippen molar-refractivity contribution in [1.29, 1.82) is 0 Å². The lowest BCUT2D eigenvalue weighted by molar-refractivity contribution is 0.405. The van der Waals surface area contributed by atoms with Crippen molar-refractivity contribution in [3.05, 3.63) is 52.6 Å². The number of nitrogens with zero attached hydrogens (tertiary/aromatic N) is 2. The molecule has 1 heterocycles. The van der Waals surface area contributed by atoms with Crippen molar-refractivity contribution >= 4 is 11.6 Å². The van der Waals surface area contributed by atoms with Gasteiger partial charge in [-0.15, -0.1) is 0 Å². The van der Waals surface area contributed by atoms with Crippen molar-refractivity contribution in [1.82, 2.24) is 15.4 Å². The van der Waals surface area contributed by atoms with Crippen molar-refractivity contribution < 1.29 is 4.74 Å². The van der Waals surface area contributed by atoms with Crippen LogP contribution in [-0.4, -0.2) is 17.1 Å². The van der Waals surface area contributed by atoms with E-state index >= 15 is 0 Å². The number of aromatic nitrogens is 2. The Hall–Kier alpha value is -1.69. The molecule has 1 atom stereocenters. The number of nitrogens with one attached hydrogen (secondary N) is 1. The van der Waals surface area contributed by atoms with Crippen LogP contribution >= 0.6 is 11.6 Å². The Kier molecular flexibility index (Phi) is 4.89. The predicted octanol–water partition coefficient (Wildman–Crippen LogP) is 2.19. The predicted molar refractivity (Wildman–Crippen MR) is 78.5 cm³/mol. The fourth-order valence-electron chi connectivity index (χ4n) is 2.04. The van der Waals surface area contributed by atoms with Crippen LogP contribution in [0.3, 0.4) is 0 Å². The van der Waals surface area contributed by atoms with E-state index in [2.05, 4.69) is 15.4 Å². The zero-order valence-electron chi connectivity index (χ0n) is 11.4. The summed E-state index contributed by atoms with van der Waals surface area (Å²) in [6.07, 6.45) is 2.34. The lowest BCUT2D eigenvalue weighted by atomic mass is 10.0. The van der Waals surface area contributed by atoms with Gasteiger partial charge in [0.15, 0.2) is 0 Å². The van der Waals surface area contributed by atoms with Crippen molar-refractivity contribution in [2.45, 2.75) is 19.4 Å². The second kappa shape index (κ2) is 6.65. The maximum atomic E-state index is 6.04. The third-order valence-electron chi connectivity index (χ3n) is 3.02. The molecule has 0 radical (unpaired) electrons. The third kappa shape index (κ3) is 3.45. The number of aryl methyl sites for hydroxylation is 1. The van der Waals surface area contributed by atoms with E-state index in [0.29, 0.717) is 17.3 Å². The fourth-order valence-corrected chi connectivity index (χ4v) is 2.24. The Balaban J connectivity index is 2.28. The highest BCUT2D eigenvalue weighted by Crippen LogP contribution is 2.27. The van der Waals surface area contributed by atoms with Gasteiger partial charge in [-0.2, -0.15) is 0 Å². The van der Waals surface area contributed by atoms with Gasteiger partial charge in [0.1, 0.15) is 11.6 Å². The van der Waals surface area contributed by atoms with E-state index in [0.717, 1.165) is 17.0 Å². The van der Waals surface area contributed by atoms with E-state index in [-0.39, 0.29) is 6.04 Å². The molecule has 1 aromatic carbocycles. The minimum atomic E-state index is -0.135. The van der Waals surface area contributed by atoms with E-state index in [1.165, 1.54) is 0 Å². The van der Waals surface area contributed by atoms with E-state index in [1.807, 2.05) is 25.1 Å². The molecule has 0 saturated heterocycles. The highest BCUT2D eigenvalue weighted by atomic mass is 35.5. The summed E-state index contributed by atoms with van der Waals surface area (Å²) in [5, 5.41) is 0.662. The van der Waals surface area contributed by atoms with E-state index in [4.69, 9.17) is 22.2 Å². The summed E-state index contributed by atoms with van der Waals surface area (Å²) in [6.45, 7) is 1.84. The average molecular weight is 293 g/mol. The van der Waals surface area contributed by atoms with Crippen LogP contribution in [0, 0.1) is 6.92 Å². The average Bonchev–Trinajstić information content (AvgIpc) is 2.45. The summed E-state index contributed by atoms with van der Waals surface area (Å²) < 4.78 is 5.35.